The fourth-order valence-electron chi connectivity index (χ4n) is 3.59. The van der Waals surface area contributed by atoms with Crippen LogP contribution in [0.25, 0.3) is 0 Å². The van der Waals surface area contributed by atoms with Crippen LogP contribution in [0.15, 0.2) is 54.6 Å². The summed E-state index contributed by atoms with van der Waals surface area (Å²) in [5.41, 5.74) is 1.26. The SMILES string of the molecule is O=C(NCC1CCCCN1C(=O)Cc1ccccc1C(=O)O)c1ccccc1. The number of nitrogens with zero attached hydrogens (tertiary/aromatic N) is 1. The molecule has 1 unspecified atom stereocenters. The number of carboxylic acids is 1. The molecule has 1 heterocycles. The van der Waals surface area contributed by atoms with Gasteiger partial charge in [0, 0.05) is 24.7 Å². The summed E-state index contributed by atoms with van der Waals surface area (Å²) in [4.78, 5) is 38.4. The Hall–Kier alpha value is -3.15. The van der Waals surface area contributed by atoms with Crippen LogP contribution in [0.4, 0.5) is 0 Å². The minimum atomic E-state index is -1.03. The molecular weight excluding hydrogens is 356 g/mol. The normalized spacial score (nSPS) is 16.4. The first-order valence-corrected chi connectivity index (χ1v) is 9.50. The van der Waals surface area contributed by atoms with Crippen LogP contribution in [0.3, 0.4) is 0 Å². The predicted molar refractivity (Wildman–Crippen MR) is 105 cm³/mol. The zero-order valence-corrected chi connectivity index (χ0v) is 15.6. The molecule has 0 spiro atoms. The molecule has 0 radical (unpaired) electrons. The summed E-state index contributed by atoms with van der Waals surface area (Å²) in [6.07, 6.45) is 2.78. The first kappa shape index (κ1) is 19.6. The lowest BCUT2D eigenvalue weighted by Gasteiger charge is -2.36. The van der Waals surface area contributed by atoms with Crippen molar-refractivity contribution in [2.45, 2.75) is 31.7 Å². The van der Waals surface area contributed by atoms with Crippen molar-refractivity contribution in [2.75, 3.05) is 13.1 Å². The van der Waals surface area contributed by atoms with Crippen LogP contribution < -0.4 is 5.32 Å². The molecule has 146 valence electrons. The number of likely N-dealkylation sites (tertiary alicyclic amines) is 1. The van der Waals surface area contributed by atoms with Crippen molar-refractivity contribution in [3.63, 3.8) is 0 Å². The van der Waals surface area contributed by atoms with E-state index in [0.717, 1.165) is 19.3 Å². The Labute approximate surface area is 164 Å². The smallest absolute Gasteiger partial charge is 0.335 e. The lowest BCUT2D eigenvalue weighted by molar-refractivity contribution is -0.134. The molecule has 2 amide bonds. The van der Waals surface area contributed by atoms with Gasteiger partial charge in [-0.3, -0.25) is 9.59 Å². The van der Waals surface area contributed by atoms with Gasteiger partial charge in [-0.15, -0.1) is 0 Å². The van der Waals surface area contributed by atoms with Gasteiger partial charge in [0.2, 0.25) is 5.91 Å². The van der Waals surface area contributed by atoms with Crippen LogP contribution in [-0.4, -0.2) is 46.9 Å². The topological polar surface area (TPSA) is 86.7 Å². The number of carbonyl (C=O) groups excluding carboxylic acids is 2. The van der Waals surface area contributed by atoms with Gasteiger partial charge in [-0.1, -0.05) is 36.4 Å². The average molecular weight is 380 g/mol. The zero-order valence-electron chi connectivity index (χ0n) is 15.6. The second-order valence-corrected chi connectivity index (χ2v) is 6.95. The number of carbonyl (C=O) groups is 3. The highest BCUT2D eigenvalue weighted by atomic mass is 16.4. The molecule has 0 bridgehead atoms. The van der Waals surface area contributed by atoms with Crippen molar-refractivity contribution < 1.29 is 19.5 Å². The van der Waals surface area contributed by atoms with Gasteiger partial charge in [-0.05, 0) is 43.0 Å². The summed E-state index contributed by atoms with van der Waals surface area (Å²) >= 11 is 0. The number of aromatic carboxylic acids is 1. The van der Waals surface area contributed by atoms with Gasteiger partial charge in [0.1, 0.15) is 0 Å². The van der Waals surface area contributed by atoms with Crippen LogP contribution in [0, 0.1) is 0 Å². The van der Waals surface area contributed by atoms with Crippen LogP contribution in [0.2, 0.25) is 0 Å². The van der Waals surface area contributed by atoms with Crippen LogP contribution in [0.5, 0.6) is 0 Å². The Morgan fingerprint density at radius 3 is 2.46 bits per heavy atom. The Balaban J connectivity index is 1.65. The fraction of sp³-hybridized carbons (Fsp3) is 0.318. The highest BCUT2D eigenvalue weighted by Gasteiger charge is 2.27. The Bertz CT molecular complexity index is 851. The standard InChI is InChI=1S/C22H24N2O4/c25-20(14-17-10-4-5-12-19(17)22(27)28)24-13-7-6-11-18(24)15-23-21(26)16-8-2-1-3-9-16/h1-5,8-10,12,18H,6-7,11,13-15H2,(H,23,26)(H,27,28). The monoisotopic (exact) mass is 380 g/mol. The third-order valence-corrected chi connectivity index (χ3v) is 5.07. The maximum atomic E-state index is 12.9. The highest BCUT2D eigenvalue weighted by Crippen LogP contribution is 2.19. The van der Waals surface area contributed by atoms with Crippen molar-refractivity contribution in [1.29, 1.82) is 0 Å². The largest absolute Gasteiger partial charge is 0.478 e. The van der Waals surface area contributed by atoms with E-state index < -0.39 is 5.97 Å². The lowest BCUT2D eigenvalue weighted by atomic mass is 9.99. The van der Waals surface area contributed by atoms with Crippen molar-refractivity contribution in [1.82, 2.24) is 10.2 Å². The maximum absolute atomic E-state index is 12.9. The minimum absolute atomic E-state index is 0.0472. The summed E-state index contributed by atoms with van der Waals surface area (Å²) in [6.45, 7) is 1.01. The van der Waals surface area contributed by atoms with Gasteiger partial charge < -0.3 is 15.3 Å². The molecule has 0 aliphatic carbocycles. The summed E-state index contributed by atoms with van der Waals surface area (Å²) in [5.74, 6) is -1.30. The molecule has 6 heteroatoms. The van der Waals surface area contributed by atoms with E-state index in [2.05, 4.69) is 5.32 Å². The Kier molecular flexibility index (Phi) is 6.42. The molecule has 6 nitrogen and oxygen atoms in total. The van der Waals surface area contributed by atoms with E-state index in [9.17, 15) is 19.5 Å². The van der Waals surface area contributed by atoms with E-state index in [1.807, 2.05) is 18.2 Å². The second kappa shape index (κ2) is 9.17. The summed E-state index contributed by atoms with van der Waals surface area (Å²) in [7, 11) is 0. The molecule has 2 aromatic rings. The fourth-order valence-corrected chi connectivity index (χ4v) is 3.59. The van der Waals surface area contributed by atoms with Crippen LogP contribution >= 0.6 is 0 Å². The molecule has 2 aromatic carbocycles. The van der Waals surface area contributed by atoms with Crippen LogP contribution in [-0.2, 0) is 11.2 Å². The Morgan fingerprint density at radius 1 is 1.00 bits per heavy atom. The summed E-state index contributed by atoms with van der Waals surface area (Å²) in [6, 6.07) is 15.5. The average Bonchev–Trinajstić information content (AvgIpc) is 2.73. The van der Waals surface area contributed by atoms with Gasteiger partial charge in [-0.2, -0.15) is 0 Å². The molecule has 1 aliphatic rings. The van der Waals surface area contributed by atoms with Crippen LogP contribution in [0.1, 0.15) is 45.5 Å². The van der Waals surface area contributed by atoms with Crippen molar-refractivity contribution in [2.24, 2.45) is 0 Å². The van der Waals surface area contributed by atoms with Crippen molar-refractivity contribution in [3.05, 3.63) is 71.3 Å². The lowest BCUT2D eigenvalue weighted by Crippen LogP contribution is -2.50. The van der Waals surface area contributed by atoms with E-state index in [-0.39, 0.29) is 29.8 Å². The van der Waals surface area contributed by atoms with E-state index in [4.69, 9.17) is 0 Å². The first-order valence-electron chi connectivity index (χ1n) is 9.50. The molecular formula is C22H24N2O4. The number of benzene rings is 2. The van der Waals surface area contributed by atoms with E-state index in [0.29, 0.717) is 24.2 Å². The molecule has 1 saturated heterocycles. The maximum Gasteiger partial charge on any atom is 0.335 e. The van der Waals surface area contributed by atoms with Crippen molar-refractivity contribution >= 4 is 17.8 Å². The Morgan fingerprint density at radius 2 is 1.71 bits per heavy atom. The third kappa shape index (κ3) is 4.76. The molecule has 3 rings (SSSR count). The van der Waals surface area contributed by atoms with Gasteiger partial charge in [0.25, 0.3) is 5.91 Å². The molecule has 1 fully saturated rings. The van der Waals surface area contributed by atoms with Gasteiger partial charge in [0.15, 0.2) is 0 Å². The third-order valence-electron chi connectivity index (χ3n) is 5.07. The summed E-state index contributed by atoms with van der Waals surface area (Å²) < 4.78 is 0. The number of amides is 2. The van der Waals surface area contributed by atoms with Crippen molar-refractivity contribution in [3.8, 4) is 0 Å². The molecule has 0 aromatic heterocycles. The van der Waals surface area contributed by atoms with Gasteiger partial charge >= 0.3 is 5.97 Å². The predicted octanol–water partition coefficient (Wildman–Crippen LogP) is 2.74. The van der Waals surface area contributed by atoms with E-state index >= 15 is 0 Å². The molecule has 1 atom stereocenters. The van der Waals surface area contributed by atoms with Gasteiger partial charge in [0.05, 0.1) is 12.0 Å². The highest BCUT2D eigenvalue weighted by molar-refractivity contribution is 5.94. The molecule has 2 N–H and O–H groups in total. The van der Waals surface area contributed by atoms with Gasteiger partial charge in [-0.25, -0.2) is 4.79 Å². The number of rotatable bonds is 6. The molecule has 1 aliphatic heterocycles. The quantitative estimate of drug-likeness (QED) is 0.807. The molecule has 0 saturated carbocycles. The van der Waals surface area contributed by atoms with E-state index in [1.54, 1.807) is 35.2 Å². The van der Waals surface area contributed by atoms with E-state index in [1.165, 1.54) is 6.07 Å². The zero-order chi connectivity index (χ0) is 19.9. The summed E-state index contributed by atoms with van der Waals surface area (Å²) in [5, 5.41) is 12.2. The number of piperidine rings is 1. The number of hydrogen-bond acceptors (Lipinski definition) is 3. The molecule has 28 heavy (non-hydrogen) atoms. The second-order valence-electron chi connectivity index (χ2n) is 6.95. The first-order chi connectivity index (χ1) is 13.6. The number of carboxylic acid groups (broad SMARTS) is 1. The number of nitrogens with one attached hydrogen (secondary N) is 1. The minimum Gasteiger partial charge on any atom is -0.478 e. The number of hydrogen-bond donors (Lipinski definition) is 2.